The lowest BCUT2D eigenvalue weighted by atomic mass is 10.0. The zero-order valence-corrected chi connectivity index (χ0v) is 32.4. The Morgan fingerprint density at radius 2 is 1.05 bits per heavy atom. The summed E-state index contributed by atoms with van der Waals surface area (Å²) in [4.78, 5) is 9.98. The molecular weight excluding hydrogens is 743 g/mol. The lowest BCUT2D eigenvalue weighted by Crippen LogP contribution is -2.11. The molecule has 0 atom stereocenters. The lowest BCUT2D eigenvalue weighted by molar-refractivity contribution is 0.623. The number of hydrogen-bond donors (Lipinski definition) is 0. The zero-order valence-electron chi connectivity index (χ0n) is 31.6. The number of thiophene rings is 1. The second-order valence-corrected chi connectivity index (χ2v) is 15.8. The predicted molar refractivity (Wildman–Crippen MR) is 246 cm³/mol. The molecule has 0 fully saturated rings. The SMILES string of the molecule is c1ccc(-c2nc3c(N(c4ccccc4)c4cccc5c4sc4ccccc45)cc4cc(N(c5ccccc5)c5ccc6oc7ccccc7c6c5)ccc4c3o2)cc1. The molecule has 0 unspecified atom stereocenters. The number of aromatic nitrogens is 1. The summed E-state index contributed by atoms with van der Waals surface area (Å²) in [7, 11) is 0. The van der Waals surface area contributed by atoms with Crippen molar-refractivity contribution in [1.82, 2.24) is 4.98 Å². The normalized spacial score (nSPS) is 11.7. The molecule has 0 bridgehead atoms. The number of furan rings is 1. The van der Waals surface area contributed by atoms with Crippen molar-refractivity contribution in [1.29, 1.82) is 0 Å². The maximum atomic E-state index is 6.86. The van der Waals surface area contributed by atoms with Crippen LogP contribution in [0.15, 0.2) is 209 Å². The van der Waals surface area contributed by atoms with Crippen LogP contribution in [-0.4, -0.2) is 4.98 Å². The van der Waals surface area contributed by atoms with Crippen LogP contribution < -0.4 is 9.80 Å². The highest BCUT2D eigenvalue weighted by molar-refractivity contribution is 7.26. The molecule has 0 saturated heterocycles. The number of anilines is 6. The van der Waals surface area contributed by atoms with Gasteiger partial charge in [0.15, 0.2) is 5.58 Å². The third-order valence-electron chi connectivity index (χ3n) is 11.2. The minimum absolute atomic E-state index is 0.582. The van der Waals surface area contributed by atoms with Gasteiger partial charge in [0.05, 0.1) is 16.1 Å². The Morgan fingerprint density at radius 1 is 0.407 bits per heavy atom. The second-order valence-electron chi connectivity index (χ2n) is 14.7. The van der Waals surface area contributed by atoms with E-state index in [0.717, 1.165) is 83.5 Å². The van der Waals surface area contributed by atoms with Crippen molar-refractivity contribution in [3.05, 3.63) is 200 Å². The van der Waals surface area contributed by atoms with Crippen LogP contribution in [0.25, 0.3) is 75.4 Å². The molecule has 59 heavy (non-hydrogen) atoms. The summed E-state index contributed by atoms with van der Waals surface area (Å²) in [6.07, 6.45) is 0. The van der Waals surface area contributed by atoms with Crippen molar-refractivity contribution in [3.63, 3.8) is 0 Å². The predicted octanol–water partition coefficient (Wildman–Crippen LogP) is 15.9. The Morgan fingerprint density at radius 3 is 1.86 bits per heavy atom. The number of benzene rings is 9. The molecule has 0 radical (unpaired) electrons. The van der Waals surface area contributed by atoms with E-state index in [1.807, 2.05) is 41.7 Å². The van der Waals surface area contributed by atoms with E-state index < -0.39 is 0 Å². The van der Waals surface area contributed by atoms with E-state index in [9.17, 15) is 0 Å². The molecule has 12 aromatic rings. The van der Waals surface area contributed by atoms with Gasteiger partial charge in [0, 0.05) is 59.9 Å². The van der Waals surface area contributed by atoms with Crippen molar-refractivity contribution in [2.24, 2.45) is 0 Å². The molecule has 0 saturated carbocycles. The molecule has 0 N–H and O–H groups in total. The molecule has 3 heterocycles. The molecule has 6 heteroatoms. The highest BCUT2D eigenvalue weighted by atomic mass is 32.1. The van der Waals surface area contributed by atoms with Crippen LogP contribution in [-0.2, 0) is 0 Å². The van der Waals surface area contributed by atoms with Crippen LogP contribution in [0.4, 0.5) is 34.1 Å². The van der Waals surface area contributed by atoms with Crippen LogP contribution in [0.3, 0.4) is 0 Å². The van der Waals surface area contributed by atoms with Gasteiger partial charge in [0.2, 0.25) is 5.89 Å². The van der Waals surface area contributed by atoms with Crippen molar-refractivity contribution in [3.8, 4) is 11.5 Å². The molecular formula is C53H33N3O2S. The number of nitrogens with zero attached hydrogens (tertiary/aromatic N) is 3. The van der Waals surface area contributed by atoms with Gasteiger partial charge in [-0.15, -0.1) is 11.3 Å². The monoisotopic (exact) mass is 775 g/mol. The van der Waals surface area contributed by atoms with Crippen molar-refractivity contribution >= 4 is 109 Å². The Hall–Kier alpha value is -7.67. The van der Waals surface area contributed by atoms with Gasteiger partial charge in [-0.05, 0) is 102 Å². The summed E-state index contributed by atoms with van der Waals surface area (Å²) in [6.45, 7) is 0. The first-order valence-electron chi connectivity index (χ1n) is 19.7. The summed E-state index contributed by atoms with van der Waals surface area (Å²) in [5, 5.41) is 6.67. The van der Waals surface area contributed by atoms with E-state index in [-0.39, 0.29) is 0 Å². The van der Waals surface area contributed by atoms with E-state index in [1.165, 1.54) is 20.2 Å². The van der Waals surface area contributed by atoms with Gasteiger partial charge < -0.3 is 18.6 Å². The highest BCUT2D eigenvalue weighted by Crippen LogP contribution is 2.49. The third-order valence-corrected chi connectivity index (χ3v) is 12.4. The Bertz CT molecular complexity index is 3520. The molecule has 0 spiro atoms. The minimum Gasteiger partial charge on any atom is -0.456 e. The number of hydrogen-bond acceptors (Lipinski definition) is 6. The average molecular weight is 776 g/mol. The second kappa shape index (κ2) is 13.5. The highest BCUT2D eigenvalue weighted by Gasteiger charge is 2.25. The fourth-order valence-corrected chi connectivity index (χ4v) is 9.76. The summed E-state index contributed by atoms with van der Waals surface area (Å²) in [5.41, 5.74) is 10.4. The summed E-state index contributed by atoms with van der Waals surface area (Å²) >= 11 is 1.82. The molecule has 0 amide bonds. The van der Waals surface area contributed by atoms with E-state index in [2.05, 4.69) is 180 Å². The quantitative estimate of drug-likeness (QED) is 0.161. The zero-order chi connectivity index (χ0) is 38.9. The van der Waals surface area contributed by atoms with Crippen LogP contribution in [0.5, 0.6) is 0 Å². The first-order chi connectivity index (χ1) is 29.2. The standard InChI is InChI=1S/C53H33N3O2S/c1-4-15-34(16-5-1)53-54-50-46(56(37-19-8-3-9-20-37)45-24-14-23-43-42-22-11-13-26-49(42)59-52(43)45)32-35-31-38(27-29-40(35)51(50)58-53)55(36-17-6-2-7-18-36)39-28-30-48-44(33-39)41-21-10-12-25-47(41)57-48/h1-33H. The topological polar surface area (TPSA) is 45.7 Å². The molecule has 0 aliphatic carbocycles. The fourth-order valence-electron chi connectivity index (χ4n) is 8.55. The minimum atomic E-state index is 0.582. The third kappa shape index (κ3) is 5.49. The number of oxazole rings is 1. The van der Waals surface area contributed by atoms with Gasteiger partial charge in [0.1, 0.15) is 16.7 Å². The lowest BCUT2D eigenvalue weighted by Gasteiger charge is -2.27. The first kappa shape index (κ1) is 33.5. The van der Waals surface area contributed by atoms with Crippen LogP contribution in [0, 0.1) is 0 Å². The molecule has 5 nitrogen and oxygen atoms in total. The molecule has 12 rings (SSSR count). The van der Waals surface area contributed by atoms with Gasteiger partial charge in [-0.1, -0.05) is 103 Å². The number of para-hydroxylation sites is 3. The first-order valence-corrected chi connectivity index (χ1v) is 20.5. The van der Waals surface area contributed by atoms with Gasteiger partial charge >= 0.3 is 0 Å². The summed E-state index contributed by atoms with van der Waals surface area (Å²) < 4.78 is 15.6. The van der Waals surface area contributed by atoms with Crippen molar-refractivity contribution in [2.75, 3.05) is 9.80 Å². The molecule has 9 aromatic carbocycles. The van der Waals surface area contributed by atoms with E-state index in [0.29, 0.717) is 5.89 Å². The average Bonchev–Trinajstić information content (AvgIpc) is 4.02. The van der Waals surface area contributed by atoms with E-state index >= 15 is 0 Å². The summed E-state index contributed by atoms with van der Waals surface area (Å²) in [6, 6.07) is 70.2. The summed E-state index contributed by atoms with van der Waals surface area (Å²) in [5.74, 6) is 0.582. The van der Waals surface area contributed by atoms with Gasteiger partial charge in [0.25, 0.3) is 0 Å². The largest absolute Gasteiger partial charge is 0.456 e. The van der Waals surface area contributed by atoms with Crippen molar-refractivity contribution < 1.29 is 8.83 Å². The number of rotatable bonds is 7. The number of fused-ring (bicyclic) bond motifs is 9. The van der Waals surface area contributed by atoms with Gasteiger partial charge in [-0.25, -0.2) is 4.98 Å². The molecule has 0 aliphatic rings. The van der Waals surface area contributed by atoms with Gasteiger partial charge in [-0.2, -0.15) is 0 Å². The maximum Gasteiger partial charge on any atom is 0.227 e. The van der Waals surface area contributed by atoms with Crippen molar-refractivity contribution in [2.45, 2.75) is 0 Å². The van der Waals surface area contributed by atoms with Crippen LogP contribution >= 0.6 is 11.3 Å². The Labute approximate surface area is 343 Å². The Kier molecular flexibility index (Phi) is 7.64. The maximum absolute atomic E-state index is 6.86. The van der Waals surface area contributed by atoms with E-state index in [4.69, 9.17) is 13.8 Å². The molecule has 3 aromatic heterocycles. The fraction of sp³-hybridized carbons (Fsp3) is 0. The van der Waals surface area contributed by atoms with Crippen LogP contribution in [0.2, 0.25) is 0 Å². The van der Waals surface area contributed by atoms with Crippen LogP contribution in [0.1, 0.15) is 0 Å². The Balaban J connectivity index is 1.13. The molecule has 278 valence electrons. The van der Waals surface area contributed by atoms with Gasteiger partial charge in [-0.3, -0.25) is 0 Å². The van der Waals surface area contributed by atoms with E-state index in [1.54, 1.807) is 0 Å². The molecule has 0 aliphatic heterocycles. The smallest absolute Gasteiger partial charge is 0.227 e.